The van der Waals surface area contributed by atoms with Gasteiger partial charge in [0.25, 0.3) is 0 Å². The van der Waals surface area contributed by atoms with Gasteiger partial charge >= 0.3 is 6.18 Å². The summed E-state index contributed by atoms with van der Waals surface area (Å²) < 4.78 is 66.8. The molecule has 1 amide bonds. The standard InChI is InChI=1S/C21H23F3N2O3S2/c1-14-16-9-13-30-18(16)8-12-26(14)20(27)15-6-10-25(11-7-15)31(28,29)19-5-3-2-4-17(19)21(22,23)24/h2-5,9,13-15H,6-8,10-12H2,1H3/t14-/m0/s1. The fourth-order valence-corrected chi connectivity index (χ4v) is 7.10. The molecule has 168 valence electrons. The van der Waals surface area contributed by atoms with E-state index in [4.69, 9.17) is 0 Å². The Morgan fingerprint density at radius 1 is 1.10 bits per heavy atom. The summed E-state index contributed by atoms with van der Waals surface area (Å²) in [6.45, 7) is 2.68. The number of halogens is 3. The van der Waals surface area contributed by atoms with Gasteiger partial charge in [0.05, 0.1) is 16.5 Å². The number of carbonyl (C=O) groups excluding carboxylic acids is 1. The molecule has 0 radical (unpaired) electrons. The Balaban J connectivity index is 1.46. The van der Waals surface area contributed by atoms with E-state index in [0.29, 0.717) is 19.4 Å². The van der Waals surface area contributed by atoms with Crippen LogP contribution in [0.2, 0.25) is 0 Å². The highest BCUT2D eigenvalue weighted by Gasteiger charge is 2.41. The van der Waals surface area contributed by atoms with Crippen molar-refractivity contribution in [3.8, 4) is 0 Å². The molecule has 0 bridgehead atoms. The fraction of sp³-hybridized carbons (Fsp3) is 0.476. The van der Waals surface area contributed by atoms with Gasteiger partial charge in [0.2, 0.25) is 15.9 Å². The van der Waals surface area contributed by atoms with E-state index >= 15 is 0 Å². The maximum Gasteiger partial charge on any atom is 0.417 e. The van der Waals surface area contributed by atoms with E-state index in [-0.39, 0.29) is 31.0 Å². The number of piperidine rings is 1. The lowest BCUT2D eigenvalue weighted by Gasteiger charge is -2.38. The molecule has 5 nitrogen and oxygen atoms in total. The van der Waals surface area contributed by atoms with Gasteiger partial charge in [-0.2, -0.15) is 17.5 Å². The molecule has 10 heteroatoms. The molecule has 0 N–H and O–H groups in total. The van der Waals surface area contributed by atoms with Gasteiger partial charge in [-0.25, -0.2) is 8.42 Å². The van der Waals surface area contributed by atoms with E-state index in [1.54, 1.807) is 11.3 Å². The number of sulfonamides is 1. The first-order valence-corrected chi connectivity index (χ1v) is 12.5. The average Bonchev–Trinajstić information content (AvgIpc) is 3.23. The lowest BCUT2D eigenvalue weighted by atomic mass is 9.93. The molecule has 0 aliphatic carbocycles. The highest BCUT2D eigenvalue weighted by atomic mass is 32.2. The van der Waals surface area contributed by atoms with Crippen LogP contribution in [0.5, 0.6) is 0 Å². The molecule has 2 aliphatic heterocycles. The molecule has 1 atom stereocenters. The van der Waals surface area contributed by atoms with E-state index in [2.05, 4.69) is 0 Å². The van der Waals surface area contributed by atoms with Crippen LogP contribution in [0.1, 0.15) is 41.8 Å². The first-order chi connectivity index (χ1) is 14.6. The van der Waals surface area contributed by atoms with Crippen LogP contribution < -0.4 is 0 Å². The van der Waals surface area contributed by atoms with Crippen molar-refractivity contribution >= 4 is 27.3 Å². The summed E-state index contributed by atoms with van der Waals surface area (Å²) in [5, 5.41) is 2.03. The average molecular weight is 473 g/mol. The minimum Gasteiger partial charge on any atom is -0.335 e. The normalized spacial score (nSPS) is 21.2. The van der Waals surface area contributed by atoms with Gasteiger partial charge in [-0.05, 0) is 55.3 Å². The summed E-state index contributed by atoms with van der Waals surface area (Å²) in [5.41, 5.74) is -0.00437. The molecule has 4 rings (SSSR count). The third-order valence-corrected chi connectivity index (χ3v) is 9.13. The summed E-state index contributed by atoms with van der Waals surface area (Å²) in [7, 11) is -4.30. The number of thiophene rings is 1. The number of carbonyl (C=O) groups is 1. The van der Waals surface area contributed by atoms with Crippen molar-refractivity contribution in [3.05, 3.63) is 51.7 Å². The third-order valence-electron chi connectivity index (χ3n) is 6.17. The number of alkyl halides is 3. The van der Waals surface area contributed by atoms with Crippen molar-refractivity contribution in [3.63, 3.8) is 0 Å². The van der Waals surface area contributed by atoms with Gasteiger partial charge < -0.3 is 4.90 Å². The predicted octanol–water partition coefficient (Wildman–Crippen LogP) is 4.31. The summed E-state index contributed by atoms with van der Waals surface area (Å²) in [6.07, 6.45) is -3.36. The van der Waals surface area contributed by atoms with Crippen molar-refractivity contribution < 1.29 is 26.4 Å². The largest absolute Gasteiger partial charge is 0.417 e. The van der Waals surface area contributed by atoms with Crippen LogP contribution in [-0.4, -0.2) is 43.2 Å². The summed E-state index contributed by atoms with van der Waals surface area (Å²) in [6, 6.07) is 6.24. The molecule has 1 aromatic carbocycles. The van der Waals surface area contributed by atoms with E-state index in [9.17, 15) is 26.4 Å². The van der Waals surface area contributed by atoms with Gasteiger partial charge in [0.15, 0.2) is 0 Å². The number of hydrogen-bond donors (Lipinski definition) is 0. The number of benzene rings is 1. The first kappa shape index (κ1) is 22.3. The van der Waals surface area contributed by atoms with Crippen molar-refractivity contribution in [2.24, 2.45) is 5.92 Å². The van der Waals surface area contributed by atoms with E-state index < -0.39 is 26.7 Å². The lowest BCUT2D eigenvalue weighted by molar-refractivity contribution is -0.140. The van der Waals surface area contributed by atoms with E-state index in [1.807, 2.05) is 23.3 Å². The van der Waals surface area contributed by atoms with Gasteiger partial charge in [-0.3, -0.25) is 4.79 Å². The van der Waals surface area contributed by atoms with Crippen molar-refractivity contribution in [2.75, 3.05) is 19.6 Å². The molecule has 3 heterocycles. The number of hydrogen-bond acceptors (Lipinski definition) is 4. The zero-order valence-corrected chi connectivity index (χ0v) is 18.6. The zero-order valence-electron chi connectivity index (χ0n) is 16.9. The summed E-state index contributed by atoms with van der Waals surface area (Å²) in [4.78, 5) is 15.5. The van der Waals surface area contributed by atoms with Gasteiger partial charge in [0.1, 0.15) is 0 Å². The number of fused-ring (bicyclic) bond motifs is 1. The number of amides is 1. The maximum absolute atomic E-state index is 13.3. The summed E-state index contributed by atoms with van der Waals surface area (Å²) >= 11 is 1.69. The molecule has 1 saturated heterocycles. The van der Waals surface area contributed by atoms with Crippen molar-refractivity contribution in [1.29, 1.82) is 0 Å². The first-order valence-electron chi connectivity index (χ1n) is 10.1. The Kier molecular flexibility index (Phi) is 5.91. The second-order valence-corrected chi connectivity index (χ2v) is 10.8. The van der Waals surface area contributed by atoms with Crippen LogP contribution in [0.4, 0.5) is 13.2 Å². The molecule has 0 saturated carbocycles. The smallest absolute Gasteiger partial charge is 0.335 e. The van der Waals surface area contributed by atoms with Gasteiger partial charge in [0, 0.05) is 30.4 Å². The second kappa shape index (κ2) is 8.22. The number of rotatable bonds is 3. The van der Waals surface area contributed by atoms with Crippen molar-refractivity contribution in [2.45, 2.75) is 43.3 Å². The Labute approximate surface area is 183 Å². The molecular weight excluding hydrogens is 449 g/mol. The molecule has 2 aromatic rings. The Bertz CT molecular complexity index is 1070. The SMILES string of the molecule is C[C@H]1c2ccsc2CCN1C(=O)C1CCN(S(=O)(=O)c2ccccc2C(F)(F)F)CC1. The predicted molar refractivity (Wildman–Crippen MR) is 111 cm³/mol. The highest BCUT2D eigenvalue weighted by molar-refractivity contribution is 7.89. The number of nitrogens with zero attached hydrogens (tertiary/aromatic N) is 2. The second-order valence-electron chi connectivity index (χ2n) is 7.93. The Morgan fingerprint density at radius 2 is 1.77 bits per heavy atom. The molecule has 0 unspecified atom stereocenters. The van der Waals surface area contributed by atoms with E-state index in [1.165, 1.54) is 17.0 Å². The topological polar surface area (TPSA) is 57.7 Å². The monoisotopic (exact) mass is 472 g/mol. The Morgan fingerprint density at radius 3 is 2.45 bits per heavy atom. The van der Waals surface area contributed by atoms with Crippen LogP contribution in [0, 0.1) is 5.92 Å². The van der Waals surface area contributed by atoms with E-state index in [0.717, 1.165) is 28.4 Å². The quantitative estimate of drug-likeness (QED) is 0.669. The van der Waals surface area contributed by atoms with Crippen LogP contribution in [0.3, 0.4) is 0 Å². The van der Waals surface area contributed by atoms with Crippen LogP contribution in [0.25, 0.3) is 0 Å². The lowest BCUT2D eigenvalue weighted by Crippen LogP contribution is -2.46. The molecule has 0 spiro atoms. The third kappa shape index (κ3) is 4.12. The highest BCUT2D eigenvalue weighted by Crippen LogP contribution is 2.37. The van der Waals surface area contributed by atoms with Crippen LogP contribution in [0.15, 0.2) is 40.6 Å². The van der Waals surface area contributed by atoms with Crippen LogP contribution in [-0.2, 0) is 27.4 Å². The molecular formula is C21H23F3N2O3S2. The molecule has 1 aromatic heterocycles. The molecule has 1 fully saturated rings. The molecule has 31 heavy (non-hydrogen) atoms. The summed E-state index contributed by atoms with van der Waals surface area (Å²) in [5.74, 6) is -0.330. The Hall–Kier alpha value is -1.91. The minimum absolute atomic E-state index is 0.00269. The minimum atomic E-state index is -4.76. The maximum atomic E-state index is 13.3. The van der Waals surface area contributed by atoms with Gasteiger partial charge in [-0.15, -0.1) is 11.3 Å². The van der Waals surface area contributed by atoms with Crippen LogP contribution >= 0.6 is 11.3 Å². The fourth-order valence-electron chi connectivity index (χ4n) is 4.45. The molecule has 2 aliphatic rings. The van der Waals surface area contributed by atoms with Gasteiger partial charge in [-0.1, -0.05) is 12.1 Å². The zero-order chi connectivity index (χ0) is 22.4. The van der Waals surface area contributed by atoms with Crippen molar-refractivity contribution in [1.82, 2.24) is 9.21 Å².